The van der Waals surface area contributed by atoms with Crippen LogP contribution in [0.25, 0.3) is 0 Å². The van der Waals surface area contributed by atoms with E-state index in [0.29, 0.717) is 17.8 Å². The Morgan fingerprint density at radius 1 is 0.800 bits per heavy atom. The number of benzene rings is 3. The van der Waals surface area contributed by atoms with Crippen LogP contribution in [0, 0.1) is 20.8 Å². The van der Waals surface area contributed by atoms with Crippen molar-refractivity contribution in [3.63, 3.8) is 0 Å². The molecule has 5 nitrogen and oxygen atoms in total. The summed E-state index contributed by atoms with van der Waals surface area (Å²) in [6, 6.07) is 21.0. The number of hydrogen-bond acceptors (Lipinski definition) is 3. The molecule has 3 N–H and O–H groups in total. The van der Waals surface area contributed by atoms with Crippen molar-refractivity contribution in [1.29, 1.82) is 0 Å². The lowest BCUT2D eigenvalue weighted by atomic mass is 10.1. The topological polar surface area (TPSA) is 70.2 Å². The number of carbonyl (C=O) groups is 2. The molecule has 3 aromatic carbocycles. The van der Waals surface area contributed by atoms with E-state index in [0.717, 1.165) is 16.8 Å². The van der Waals surface area contributed by atoms with E-state index < -0.39 is 0 Å². The Hall–Kier alpha value is -3.60. The van der Waals surface area contributed by atoms with Crippen LogP contribution in [0.15, 0.2) is 66.7 Å². The van der Waals surface area contributed by atoms with Gasteiger partial charge in [0.25, 0.3) is 5.91 Å². The van der Waals surface area contributed by atoms with Crippen LogP contribution in [0.1, 0.15) is 32.6 Å². The molecular formula is C25H27N3O2. The van der Waals surface area contributed by atoms with Crippen LogP contribution < -0.4 is 16.0 Å². The molecule has 154 valence electrons. The molecule has 5 heteroatoms. The van der Waals surface area contributed by atoms with Crippen LogP contribution in [0.5, 0.6) is 0 Å². The highest BCUT2D eigenvalue weighted by molar-refractivity contribution is 6.04. The lowest BCUT2D eigenvalue weighted by Gasteiger charge is -2.13. The van der Waals surface area contributed by atoms with Gasteiger partial charge in [-0.15, -0.1) is 0 Å². The van der Waals surface area contributed by atoms with Crippen molar-refractivity contribution in [2.45, 2.75) is 27.3 Å². The van der Waals surface area contributed by atoms with Crippen LogP contribution in [-0.4, -0.2) is 18.4 Å². The van der Waals surface area contributed by atoms with Gasteiger partial charge >= 0.3 is 0 Å². The smallest absolute Gasteiger partial charge is 0.253 e. The number of hydrogen-bond donors (Lipinski definition) is 3. The fraction of sp³-hybridized carbons (Fsp3) is 0.200. The maximum atomic E-state index is 12.7. The van der Waals surface area contributed by atoms with E-state index in [1.807, 2.05) is 57.2 Å². The summed E-state index contributed by atoms with van der Waals surface area (Å²) < 4.78 is 0. The van der Waals surface area contributed by atoms with Gasteiger partial charge in [0, 0.05) is 12.2 Å². The number of amides is 2. The summed E-state index contributed by atoms with van der Waals surface area (Å²) in [6.07, 6.45) is 0. The molecule has 30 heavy (non-hydrogen) atoms. The van der Waals surface area contributed by atoms with Crippen LogP contribution in [-0.2, 0) is 11.3 Å². The van der Waals surface area contributed by atoms with Gasteiger partial charge in [-0.2, -0.15) is 0 Å². The molecule has 3 aromatic rings. The van der Waals surface area contributed by atoms with Crippen molar-refractivity contribution in [1.82, 2.24) is 5.32 Å². The zero-order chi connectivity index (χ0) is 21.5. The van der Waals surface area contributed by atoms with Gasteiger partial charge in [-0.3, -0.25) is 9.59 Å². The van der Waals surface area contributed by atoms with Gasteiger partial charge in [-0.1, -0.05) is 59.7 Å². The minimum Gasteiger partial charge on any atom is -0.376 e. The van der Waals surface area contributed by atoms with Gasteiger partial charge in [-0.25, -0.2) is 0 Å². The summed E-state index contributed by atoms with van der Waals surface area (Å²) in [5.74, 6) is -0.442. The highest BCUT2D eigenvalue weighted by Gasteiger charge is 2.13. The van der Waals surface area contributed by atoms with Gasteiger partial charge in [0.15, 0.2) is 0 Å². The average molecular weight is 402 g/mol. The fourth-order valence-corrected chi connectivity index (χ4v) is 3.16. The second-order valence-corrected chi connectivity index (χ2v) is 7.43. The summed E-state index contributed by atoms with van der Waals surface area (Å²) in [6.45, 7) is 6.60. The van der Waals surface area contributed by atoms with E-state index in [4.69, 9.17) is 0 Å². The van der Waals surface area contributed by atoms with Gasteiger partial charge < -0.3 is 16.0 Å². The Kier molecular flexibility index (Phi) is 6.86. The monoisotopic (exact) mass is 401 g/mol. The lowest BCUT2D eigenvalue weighted by molar-refractivity contribution is -0.114. The van der Waals surface area contributed by atoms with Gasteiger partial charge in [0.1, 0.15) is 0 Å². The highest BCUT2D eigenvalue weighted by atomic mass is 16.2. The highest BCUT2D eigenvalue weighted by Crippen LogP contribution is 2.17. The number of para-hydroxylation sites is 1. The molecule has 0 aliphatic heterocycles. The molecule has 0 fully saturated rings. The quantitative estimate of drug-likeness (QED) is 0.542. The molecule has 0 unspecified atom stereocenters. The molecule has 0 bridgehead atoms. The second kappa shape index (κ2) is 9.74. The number of carbonyl (C=O) groups excluding carboxylic acids is 2. The third-order valence-corrected chi connectivity index (χ3v) is 4.84. The Morgan fingerprint density at radius 3 is 2.23 bits per heavy atom. The molecular weight excluding hydrogens is 374 g/mol. The number of nitrogens with one attached hydrogen (secondary N) is 3. The van der Waals surface area contributed by atoms with E-state index in [-0.39, 0.29) is 18.4 Å². The molecule has 0 atom stereocenters. The number of rotatable bonds is 7. The van der Waals surface area contributed by atoms with E-state index >= 15 is 0 Å². The van der Waals surface area contributed by atoms with Crippen LogP contribution in [0.3, 0.4) is 0 Å². The molecule has 0 aromatic heterocycles. The molecule has 3 rings (SSSR count). The van der Waals surface area contributed by atoms with Crippen molar-refractivity contribution < 1.29 is 9.59 Å². The minimum absolute atomic E-state index is 0.114. The fourth-order valence-electron chi connectivity index (χ4n) is 3.16. The largest absolute Gasteiger partial charge is 0.376 e. The van der Waals surface area contributed by atoms with Crippen molar-refractivity contribution in [3.05, 3.63) is 94.5 Å². The van der Waals surface area contributed by atoms with E-state index in [2.05, 4.69) is 22.0 Å². The lowest BCUT2D eigenvalue weighted by Crippen LogP contribution is -2.26. The molecule has 0 spiro atoms. The van der Waals surface area contributed by atoms with E-state index in [1.165, 1.54) is 11.1 Å². The van der Waals surface area contributed by atoms with Crippen LogP contribution in [0.4, 0.5) is 11.4 Å². The van der Waals surface area contributed by atoms with Gasteiger partial charge in [0.2, 0.25) is 5.91 Å². The summed E-state index contributed by atoms with van der Waals surface area (Å²) >= 11 is 0. The summed E-state index contributed by atoms with van der Waals surface area (Å²) in [5, 5.41) is 8.90. The first-order valence-corrected chi connectivity index (χ1v) is 9.96. The molecule has 0 aliphatic rings. The standard InChI is InChI=1S/C25H27N3O2/c1-17-8-11-20(12-9-17)15-27-25(30)21-6-4-5-7-23(21)28-24(29)16-26-22-13-10-18(2)14-19(22)3/h4-14,26H,15-16H2,1-3H3,(H,27,30)(H,28,29). The molecule has 0 radical (unpaired) electrons. The summed E-state index contributed by atoms with van der Waals surface area (Å²) in [5.41, 5.74) is 6.29. The van der Waals surface area contributed by atoms with Crippen molar-refractivity contribution in [3.8, 4) is 0 Å². The Morgan fingerprint density at radius 2 is 1.50 bits per heavy atom. The molecule has 2 amide bonds. The Labute approximate surface area is 177 Å². The average Bonchev–Trinajstić information content (AvgIpc) is 2.73. The SMILES string of the molecule is Cc1ccc(CNC(=O)c2ccccc2NC(=O)CNc2ccc(C)cc2C)cc1. The molecule has 0 aliphatic carbocycles. The van der Waals surface area contributed by atoms with Gasteiger partial charge in [-0.05, 0) is 50.1 Å². The first kappa shape index (κ1) is 21.1. The predicted octanol–water partition coefficient (Wildman–Crippen LogP) is 4.59. The zero-order valence-corrected chi connectivity index (χ0v) is 17.6. The van der Waals surface area contributed by atoms with Crippen LogP contribution in [0.2, 0.25) is 0 Å². The van der Waals surface area contributed by atoms with Gasteiger partial charge in [0.05, 0.1) is 17.8 Å². The predicted molar refractivity (Wildman–Crippen MR) is 122 cm³/mol. The summed E-state index contributed by atoms with van der Waals surface area (Å²) in [7, 11) is 0. The Balaban J connectivity index is 1.60. The maximum absolute atomic E-state index is 12.7. The third-order valence-electron chi connectivity index (χ3n) is 4.84. The first-order valence-electron chi connectivity index (χ1n) is 9.96. The molecule has 0 saturated heterocycles. The van der Waals surface area contributed by atoms with E-state index in [1.54, 1.807) is 24.3 Å². The molecule has 0 heterocycles. The Bertz CT molecular complexity index is 1040. The van der Waals surface area contributed by atoms with Crippen LogP contribution >= 0.6 is 0 Å². The third kappa shape index (κ3) is 5.70. The van der Waals surface area contributed by atoms with Crippen molar-refractivity contribution in [2.24, 2.45) is 0 Å². The zero-order valence-electron chi connectivity index (χ0n) is 17.6. The minimum atomic E-state index is -0.228. The van der Waals surface area contributed by atoms with Crippen molar-refractivity contribution >= 4 is 23.2 Å². The number of aryl methyl sites for hydroxylation is 3. The summed E-state index contributed by atoms with van der Waals surface area (Å²) in [4.78, 5) is 25.1. The molecule has 0 saturated carbocycles. The normalized spacial score (nSPS) is 10.4. The first-order chi connectivity index (χ1) is 14.4. The number of anilines is 2. The maximum Gasteiger partial charge on any atom is 0.253 e. The second-order valence-electron chi connectivity index (χ2n) is 7.43. The van der Waals surface area contributed by atoms with E-state index in [9.17, 15) is 9.59 Å². The van der Waals surface area contributed by atoms with Crippen molar-refractivity contribution in [2.75, 3.05) is 17.2 Å².